The number of amides is 1. The zero-order valence-corrected chi connectivity index (χ0v) is 19.5. The molecule has 2 aliphatic heterocycles. The van der Waals surface area contributed by atoms with Crippen LogP contribution in [0.4, 0.5) is 0 Å². The fourth-order valence-electron chi connectivity index (χ4n) is 4.96. The van der Waals surface area contributed by atoms with E-state index in [-0.39, 0.29) is 16.7 Å². The summed E-state index contributed by atoms with van der Waals surface area (Å²) in [5, 5.41) is 6.81. The van der Waals surface area contributed by atoms with E-state index in [0.29, 0.717) is 43.9 Å². The summed E-state index contributed by atoms with van der Waals surface area (Å²) in [5.41, 5.74) is 0.379. The first kappa shape index (κ1) is 23.2. The molecule has 3 heterocycles. The van der Waals surface area contributed by atoms with Crippen LogP contribution in [0.5, 0.6) is 0 Å². The average Bonchev–Trinajstić information content (AvgIpc) is 3.03. The third kappa shape index (κ3) is 5.42. The smallest absolute Gasteiger partial charge is 0.248 e. The molecule has 0 bridgehead atoms. The van der Waals surface area contributed by atoms with E-state index in [2.05, 4.69) is 29.2 Å². The molecule has 0 spiro atoms. The highest BCUT2D eigenvalue weighted by atomic mass is 32.2. The number of nitrogens with one attached hydrogen (secondary N) is 1. The van der Waals surface area contributed by atoms with Gasteiger partial charge in [-0.15, -0.1) is 0 Å². The third-order valence-corrected chi connectivity index (χ3v) is 8.43. The van der Waals surface area contributed by atoms with Crippen molar-refractivity contribution < 1.29 is 17.7 Å². The Balaban J connectivity index is 1.41. The summed E-state index contributed by atoms with van der Waals surface area (Å²) in [6.07, 6.45) is 3.33. The Morgan fingerprint density at radius 1 is 1.17 bits per heavy atom. The van der Waals surface area contributed by atoms with Crippen molar-refractivity contribution in [3.8, 4) is 0 Å². The second kappa shape index (κ2) is 9.78. The number of aromatic nitrogens is 1. The average molecular weight is 441 g/mol. The lowest BCUT2D eigenvalue weighted by Gasteiger charge is -2.35. The standard InChI is InChI=1S/C21H36N4O4S/c1-15-12-16(2)14-24(13-15)9-5-8-22-21(26)19-6-10-25(11-7-19)30(27,28)20-17(3)23-29-18(20)4/h15-16,19H,5-14H2,1-4H3,(H,22,26)/t15-,16-/m1/s1. The Morgan fingerprint density at radius 2 is 1.80 bits per heavy atom. The summed E-state index contributed by atoms with van der Waals surface area (Å²) < 4.78 is 32.3. The first-order valence-corrected chi connectivity index (χ1v) is 12.6. The highest BCUT2D eigenvalue weighted by molar-refractivity contribution is 7.89. The van der Waals surface area contributed by atoms with Crippen LogP contribution < -0.4 is 5.32 Å². The van der Waals surface area contributed by atoms with E-state index in [1.165, 1.54) is 10.7 Å². The maximum Gasteiger partial charge on any atom is 0.248 e. The van der Waals surface area contributed by atoms with Crippen LogP contribution in [0.2, 0.25) is 0 Å². The molecule has 0 radical (unpaired) electrons. The van der Waals surface area contributed by atoms with Gasteiger partial charge < -0.3 is 14.7 Å². The lowest BCUT2D eigenvalue weighted by atomic mass is 9.92. The molecule has 0 saturated carbocycles. The largest absolute Gasteiger partial charge is 0.360 e. The van der Waals surface area contributed by atoms with Gasteiger partial charge in [-0.25, -0.2) is 8.42 Å². The fraction of sp³-hybridized carbons (Fsp3) is 0.810. The second-order valence-corrected chi connectivity index (χ2v) is 11.1. The summed E-state index contributed by atoms with van der Waals surface area (Å²) in [5.74, 6) is 1.72. The summed E-state index contributed by atoms with van der Waals surface area (Å²) in [7, 11) is -3.63. The van der Waals surface area contributed by atoms with E-state index >= 15 is 0 Å². The molecule has 0 aromatic carbocycles. The number of piperidine rings is 2. The summed E-state index contributed by atoms with van der Waals surface area (Å²) in [6, 6.07) is 0. The minimum Gasteiger partial charge on any atom is -0.360 e. The summed E-state index contributed by atoms with van der Waals surface area (Å²) in [6.45, 7) is 12.5. The van der Waals surface area contributed by atoms with Crippen molar-refractivity contribution in [2.45, 2.75) is 58.3 Å². The zero-order valence-electron chi connectivity index (χ0n) is 18.7. The molecule has 1 aromatic rings. The van der Waals surface area contributed by atoms with Gasteiger partial charge in [0.05, 0.1) is 0 Å². The second-order valence-electron chi connectivity index (χ2n) is 9.18. The summed E-state index contributed by atoms with van der Waals surface area (Å²) >= 11 is 0. The van der Waals surface area contributed by atoms with Gasteiger partial charge in [0.2, 0.25) is 15.9 Å². The fourth-order valence-corrected chi connectivity index (χ4v) is 6.72. The van der Waals surface area contributed by atoms with Gasteiger partial charge in [-0.3, -0.25) is 4.79 Å². The minimum absolute atomic E-state index is 0.0461. The van der Waals surface area contributed by atoms with Crippen molar-refractivity contribution in [2.75, 3.05) is 39.3 Å². The Kier molecular flexibility index (Phi) is 7.57. The lowest BCUT2D eigenvalue weighted by Crippen LogP contribution is -2.44. The third-order valence-electron chi connectivity index (χ3n) is 6.29. The van der Waals surface area contributed by atoms with Crippen LogP contribution in [-0.2, 0) is 14.8 Å². The molecule has 170 valence electrons. The van der Waals surface area contributed by atoms with Crippen molar-refractivity contribution in [2.24, 2.45) is 17.8 Å². The SMILES string of the molecule is Cc1noc(C)c1S(=O)(=O)N1CCC(C(=O)NCCCN2C[C@H](C)C[C@@H](C)C2)CC1. The van der Waals surface area contributed by atoms with E-state index < -0.39 is 10.0 Å². The molecular formula is C21H36N4O4S. The van der Waals surface area contributed by atoms with Crippen LogP contribution in [0.15, 0.2) is 9.42 Å². The number of sulfonamides is 1. The molecule has 2 atom stereocenters. The highest BCUT2D eigenvalue weighted by Gasteiger charge is 2.35. The van der Waals surface area contributed by atoms with Crippen molar-refractivity contribution in [1.82, 2.24) is 19.7 Å². The number of hydrogen-bond donors (Lipinski definition) is 1. The number of carbonyl (C=O) groups is 1. The van der Waals surface area contributed by atoms with E-state index in [0.717, 1.165) is 37.9 Å². The van der Waals surface area contributed by atoms with Gasteiger partial charge in [0.15, 0.2) is 5.76 Å². The Morgan fingerprint density at radius 3 is 2.37 bits per heavy atom. The van der Waals surface area contributed by atoms with Gasteiger partial charge in [-0.1, -0.05) is 19.0 Å². The van der Waals surface area contributed by atoms with E-state index in [1.54, 1.807) is 13.8 Å². The molecule has 2 saturated heterocycles. The normalized spacial score (nSPS) is 24.8. The number of likely N-dealkylation sites (tertiary alicyclic amines) is 1. The highest BCUT2D eigenvalue weighted by Crippen LogP contribution is 2.27. The van der Waals surface area contributed by atoms with Gasteiger partial charge in [-0.05, 0) is 57.9 Å². The first-order chi connectivity index (χ1) is 14.2. The molecule has 8 nitrogen and oxygen atoms in total. The maximum atomic E-state index is 12.9. The molecule has 0 aliphatic carbocycles. The topological polar surface area (TPSA) is 95.8 Å². The van der Waals surface area contributed by atoms with Gasteiger partial charge in [0, 0.05) is 38.6 Å². The van der Waals surface area contributed by atoms with Crippen molar-refractivity contribution >= 4 is 15.9 Å². The first-order valence-electron chi connectivity index (χ1n) is 11.1. The number of carbonyl (C=O) groups excluding carboxylic acids is 1. The number of nitrogens with zero attached hydrogens (tertiary/aromatic N) is 3. The Labute approximate surface area is 180 Å². The molecule has 1 amide bonds. The van der Waals surface area contributed by atoms with Gasteiger partial charge in [-0.2, -0.15) is 4.31 Å². The zero-order chi connectivity index (χ0) is 21.9. The van der Waals surface area contributed by atoms with Gasteiger partial charge in [0.1, 0.15) is 10.6 Å². The molecule has 1 N–H and O–H groups in total. The van der Waals surface area contributed by atoms with Crippen LogP contribution in [0.1, 0.15) is 51.0 Å². The van der Waals surface area contributed by atoms with Gasteiger partial charge >= 0.3 is 0 Å². The number of rotatable bonds is 7. The molecule has 1 aromatic heterocycles. The monoisotopic (exact) mass is 440 g/mol. The van der Waals surface area contributed by atoms with E-state index in [4.69, 9.17) is 4.52 Å². The Bertz CT molecular complexity index is 801. The van der Waals surface area contributed by atoms with Crippen LogP contribution in [0, 0.1) is 31.6 Å². The molecule has 30 heavy (non-hydrogen) atoms. The lowest BCUT2D eigenvalue weighted by molar-refractivity contribution is -0.126. The summed E-state index contributed by atoms with van der Waals surface area (Å²) in [4.78, 5) is 15.2. The number of hydrogen-bond acceptors (Lipinski definition) is 6. The van der Waals surface area contributed by atoms with Crippen molar-refractivity contribution in [1.29, 1.82) is 0 Å². The van der Waals surface area contributed by atoms with Crippen molar-refractivity contribution in [3.05, 3.63) is 11.5 Å². The maximum absolute atomic E-state index is 12.9. The minimum atomic E-state index is -3.63. The Hall–Kier alpha value is -1.45. The van der Waals surface area contributed by atoms with E-state index in [1.807, 2.05) is 0 Å². The molecular weight excluding hydrogens is 404 g/mol. The molecule has 2 fully saturated rings. The van der Waals surface area contributed by atoms with E-state index in [9.17, 15) is 13.2 Å². The molecule has 3 rings (SSSR count). The van der Waals surface area contributed by atoms with Crippen LogP contribution in [0.25, 0.3) is 0 Å². The molecule has 0 unspecified atom stereocenters. The predicted molar refractivity (Wildman–Crippen MR) is 114 cm³/mol. The number of aryl methyl sites for hydroxylation is 2. The molecule has 9 heteroatoms. The van der Waals surface area contributed by atoms with Gasteiger partial charge in [0.25, 0.3) is 0 Å². The quantitative estimate of drug-likeness (QED) is 0.653. The van der Waals surface area contributed by atoms with Crippen LogP contribution >= 0.6 is 0 Å². The van der Waals surface area contributed by atoms with Crippen LogP contribution in [-0.4, -0.2) is 68.0 Å². The van der Waals surface area contributed by atoms with Crippen molar-refractivity contribution in [3.63, 3.8) is 0 Å². The van der Waals surface area contributed by atoms with Crippen LogP contribution in [0.3, 0.4) is 0 Å². The predicted octanol–water partition coefficient (Wildman–Crippen LogP) is 2.18. The molecule has 2 aliphatic rings.